The van der Waals surface area contributed by atoms with E-state index in [0.717, 1.165) is 0 Å². The quantitative estimate of drug-likeness (QED) is 0.638. The first-order chi connectivity index (χ1) is 13.5. The lowest BCUT2D eigenvalue weighted by atomic mass is 10.2. The predicted molar refractivity (Wildman–Crippen MR) is 105 cm³/mol. The Hall–Kier alpha value is -3.86. The summed E-state index contributed by atoms with van der Waals surface area (Å²) >= 11 is 0. The van der Waals surface area contributed by atoms with E-state index >= 15 is 0 Å². The zero-order valence-corrected chi connectivity index (χ0v) is 15.5. The van der Waals surface area contributed by atoms with E-state index in [9.17, 15) is 9.59 Å². The van der Waals surface area contributed by atoms with Crippen LogP contribution in [-0.4, -0.2) is 21.6 Å². The van der Waals surface area contributed by atoms with Gasteiger partial charge in [-0.25, -0.2) is 4.98 Å². The molecule has 1 amide bonds. The zero-order valence-electron chi connectivity index (χ0n) is 15.5. The average Bonchev–Trinajstić information content (AvgIpc) is 2.72. The Balaban J connectivity index is 1.71. The number of para-hydroxylation sites is 1. The van der Waals surface area contributed by atoms with Crippen LogP contribution in [0.4, 0.5) is 5.95 Å². The summed E-state index contributed by atoms with van der Waals surface area (Å²) in [6.45, 7) is 3.81. The fraction of sp³-hybridized carbons (Fsp3) is 0.200. The monoisotopic (exact) mass is 377 g/mol. The van der Waals surface area contributed by atoms with Crippen LogP contribution in [0.3, 0.4) is 0 Å². The van der Waals surface area contributed by atoms with E-state index in [1.807, 2.05) is 13.0 Å². The van der Waals surface area contributed by atoms with Crippen LogP contribution >= 0.6 is 0 Å². The molecular formula is C20H19N5O3. The van der Waals surface area contributed by atoms with Crippen LogP contribution < -0.4 is 21.1 Å². The first-order valence-corrected chi connectivity index (χ1v) is 8.75. The summed E-state index contributed by atoms with van der Waals surface area (Å²) in [7, 11) is 0. The molecule has 0 aliphatic rings. The van der Waals surface area contributed by atoms with E-state index in [2.05, 4.69) is 15.8 Å². The van der Waals surface area contributed by atoms with Gasteiger partial charge in [0.1, 0.15) is 5.75 Å². The van der Waals surface area contributed by atoms with Crippen molar-refractivity contribution in [3.8, 4) is 11.8 Å². The molecule has 8 nitrogen and oxygen atoms in total. The molecule has 1 aromatic heterocycles. The molecule has 2 N–H and O–H groups in total. The Kier molecular flexibility index (Phi) is 5.56. The van der Waals surface area contributed by atoms with Gasteiger partial charge >= 0.3 is 0 Å². The van der Waals surface area contributed by atoms with Crippen molar-refractivity contribution in [1.29, 1.82) is 5.26 Å². The van der Waals surface area contributed by atoms with Gasteiger partial charge in [0.15, 0.2) is 6.10 Å². The van der Waals surface area contributed by atoms with Crippen LogP contribution in [0.15, 0.2) is 53.3 Å². The molecule has 1 unspecified atom stereocenters. The van der Waals surface area contributed by atoms with Gasteiger partial charge in [-0.1, -0.05) is 12.1 Å². The highest BCUT2D eigenvalue weighted by atomic mass is 16.5. The number of hydrogen-bond acceptors (Lipinski definition) is 6. The molecule has 0 spiro atoms. The first-order valence-electron chi connectivity index (χ1n) is 8.75. The summed E-state index contributed by atoms with van der Waals surface area (Å²) in [5.74, 6) is 0.274. The number of anilines is 1. The average molecular weight is 377 g/mol. The minimum atomic E-state index is -0.803. The number of hydrogen-bond donors (Lipinski definition) is 2. The Bertz CT molecular complexity index is 1100. The molecule has 3 rings (SSSR count). The number of rotatable bonds is 6. The number of benzene rings is 2. The molecule has 1 heterocycles. The minimum absolute atomic E-state index is 0.188. The molecule has 142 valence electrons. The smallest absolute Gasteiger partial charge is 0.279 e. The third-order valence-electron chi connectivity index (χ3n) is 4.14. The fourth-order valence-electron chi connectivity index (χ4n) is 2.64. The van der Waals surface area contributed by atoms with Crippen LogP contribution in [0.5, 0.6) is 5.75 Å². The van der Waals surface area contributed by atoms with Gasteiger partial charge in [-0.15, -0.1) is 0 Å². The normalized spacial score (nSPS) is 11.5. The van der Waals surface area contributed by atoms with Crippen molar-refractivity contribution in [3.05, 3.63) is 64.4 Å². The lowest BCUT2D eigenvalue weighted by molar-refractivity contribution is -0.126. The molecule has 3 aromatic rings. The molecule has 28 heavy (non-hydrogen) atoms. The third-order valence-corrected chi connectivity index (χ3v) is 4.14. The number of amides is 1. The topological polar surface area (TPSA) is 109 Å². The molecule has 0 saturated carbocycles. The number of fused-ring (bicyclic) bond motifs is 1. The Morgan fingerprint density at radius 3 is 2.64 bits per heavy atom. The van der Waals surface area contributed by atoms with Gasteiger partial charge in [-0.3, -0.25) is 25.0 Å². The fourth-order valence-corrected chi connectivity index (χ4v) is 2.64. The summed E-state index contributed by atoms with van der Waals surface area (Å²) in [4.78, 5) is 29.3. The highest BCUT2D eigenvalue weighted by Gasteiger charge is 2.16. The van der Waals surface area contributed by atoms with Crippen molar-refractivity contribution < 1.29 is 9.53 Å². The molecule has 0 fully saturated rings. The van der Waals surface area contributed by atoms with Crippen molar-refractivity contribution in [2.24, 2.45) is 0 Å². The highest BCUT2D eigenvalue weighted by Crippen LogP contribution is 2.14. The summed E-state index contributed by atoms with van der Waals surface area (Å²) in [5.41, 5.74) is 6.09. The minimum Gasteiger partial charge on any atom is -0.481 e. The molecule has 1 atom stereocenters. The maximum atomic E-state index is 12.6. The van der Waals surface area contributed by atoms with Crippen LogP contribution in [0.25, 0.3) is 10.9 Å². The largest absolute Gasteiger partial charge is 0.481 e. The van der Waals surface area contributed by atoms with Gasteiger partial charge in [-0.2, -0.15) is 5.26 Å². The number of nitrogens with one attached hydrogen (secondary N) is 2. The van der Waals surface area contributed by atoms with Gasteiger partial charge in [-0.05, 0) is 50.2 Å². The Morgan fingerprint density at radius 1 is 1.25 bits per heavy atom. The van der Waals surface area contributed by atoms with E-state index in [1.165, 1.54) is 4.57 Å². The van der Waals surface area contributed by atoms with E-state index in [-0.39, 0.29) is 11.5 Å². The maximum Gasteiger partial charge on any atom is 0.279 e. The molecule has 8 heteroatoms. The standard InChI is InChI=1S/C20H19N5O3/c1-3-25-19(27)16-6-4-5-7-17(16)22-20(25)24-23-18(26)13(2)28-15-10-8-14(12-21)9-11-15/h4-11,13H,3H2,1-2H3,(H,22,24)(H,23,26). The van der Waals surface area contributed by atoms with Crippen LogP contribution in [0, 0.1) is 11.3 Å². The summed E-state index contributed by atoms with van der Waals surface area (Å²) < 4.78 is 7.00. The first kappa shape index (κ1) is 18.9. The van der Waals surface area contributed by atoms with E-state index < -0.39 is 12.0 Å². The lowest BCUT2D eigenvalue weighted by Crippen LogP contribution is -2.41. The van der Waals surface area contributed by atoms with Gasteiger partial charge in [0, 0.05) is 6.54 Å². The number of carbonyl (C=O) groups is 1. The second-order valence-corrected chi connectivity index (χ2v) is 6.01. The third kappa shape index (κ3) is 3.94. The Labute approximate surface area is 161 Å². The molecule has 0 radical (unpaired) electrons. The van der Waals surface area contributed by atoms with Crippen molar-refractivity contribution in [3.63, 3.8) is 0 Å². The maximum absolute atomic E-state index is 12.6. The Morgan fingerprint density at radius 2 is 1.96 bits per heavy atom. The molecular weight excluding hydrogens is 358 g/mol. The molecule has 0 aliphatic heterocycles. The van der Waals surface area contributed by atoms with E-state index in [1.54, 1.807) is 55.5 Å². The second-order valence-electron chi connectivity index (χ2n) is 6.01. The number of hydrazine groups is 1. The number of nitrogens with zero attached hydrogens (tertiary/aromatic N) is 3. The van der Waals surface area contributed by atoms with Crippen LogP contribution in [-0.2, 0) is 11.3 Å². The molecule has 0 bridgehead atoms. The van der Waals surface area contributed by atoms with Crippen molar-refractivity contribution in [2.75, 3.05) is 5.43 Å². The van der Waals surface area contributed by atoms with Crippen LogP contribution in [0.1, 0.15) is 19.4 Å². The number of carbonyl (C=O) groups excluding carboxylic acids is 1. The van der Waals surface area contributed by atoms with E-state index in [0.29, 0.717) is 28.8 Å². The van der Waals surface area contributed by atoms with Gasteiger partial charge in [0.05, 0.1) is 22.5 Å². The number of nitriles is 1. The molecule has 2 aromatic carbocycles. The second kappa shape index (κ2) is 8.22. The van der Waals surface area contributed by atoms with Gasteiger partial charge in [0.25, 0.3) is 11.5 Å². The van der Waals surface area contributed by atoms with Crippen LogP contribution in [0.2, 0.25) is 0 Å². The zero-order chi connectivity index (χ0) is 20.1. The molecule has 0 saturated heterocycles. The van der Waals surface area contributed by atoms with Gasteiger partial charge < -0.3 is 4.74 Å². The summed E-state index contributed by atoms with van der Waals surface area (Å²) in [6, 6.07) is 15.5. The van der Waals surface area contributed by atoms with Crippen molar-refractivity contribution in [1.82, 2.24) is 15.0 Å². The van der Waals surface area contributed by atoms with E-state index in [4.69, 9.17) is 10.00 Å². The van der Waals surface area contributed by atoms with Crippen molar-refractivity contribution in [2.45, 2.75) is 26.5 Å². The number of aromatic nitrogens is 2. The van der Waals surface area contributed by atoms with Gasteiger partial charge in [0.2, 0.25) is 5.95 Å². The highest BCUT2D eigenvalue weighted by molar-refractivity contribution is 5.82. The predicted octanol–water partition coefficient (Wildman–Crippen LogP) is 2.20. The lowest BCUT2D eigenvalue weighted by Gasteiger charge is -2.17. The van der Waals surface area contributed by atoms with Crippen molar-refractivity contribution >= 4 is 22.8 Å². The summed E-state index contributed by atoms with van der Waals surface area (Å²) in [6.07, 6.45) is -0.803. The summed E-state index contributed by atoms with van der Waals surface area (Å²) in [5, 5.41) is 9.32. The SMILES string of the molecule is CCn1c(NNC(=O)C(C)Oc2ccc(C#N)cc2)nc2ccccc2c1=O. The number of ether oxygens (including phenoxy) is 1. The molecule has 0 aliphatic carbocycles.